The Hall–Kier alpha value is -2.04. The average Bonchev–Trinajstić information content (AvgIpc) is 2.48. The van der Waals surface area contributed by atoms with Gasteiger partial charge in [-0.1, -0.05) is 19.1 Å². The van der Waals surface area contributed by atoms with Crippen molar-refractivity contribution in [1.29, 1.82) is 0 Å². The van der Waals surface area contributed by atoms with Crippen molar-refractivity contribution in [3.05, 3.63) is 29.8 Å². The second-order valence-corrected chi connectivity index (χ2v) is 4.92. The molecule has 0 spiro atoms. The number of methoxy groups -OCH3 is 1. The molecule has 0 bridgehead atoms. The maximum atomic E-state index is 11.9. The number of hydrogen-bond acceptors (Lipinski definition) is 3. The number of benzene rings is 1. The van der Waals surface area contributed by atoms with Crippen molar-refractivity contribution < 1.29 is 14.3 Å². The Kier molecular flexibility index (Phi) is 4.61. The molecule has 1 aliphatic rings. The van der Waals surface area contributed by atoms with Gasteiger partial charge in [-0.3, -0.25) is 9.59 Å². The lowest BCUT2D eigenvalue weighted by atomic mass is 10.0. The number of nitrogens with one attached hydrogen (secondary N) is 2. The van der Waals surface area contributed by atoms with Crippen molar-refractivity contribution in [2.45, 2.75) is 38.3 Å². The van der Waals surface area contributed by atoms with E-state index in [4.69, 9.17) is 4.74 Å². The molecule has 1 unspecified atom stereocenters. The van der Waals surface area contributed by atoms with E-state index in [1.165, 1.54) is 0 Å². The summed E-state index contributed by atoms with van der Waals surface area (Å²) in [5, 5.41) is 5.53. The molecule has 5 nitrogen and oxygen atoms in total. The van der Waals surface area contributed by atoms with E-state index in [2.05, 4.69) is 10.6 Å². The number of rotatable bonds is 5. The summed E-state index contributed by atoms with van der Waals surface area (Å²) in [7, 11) is 1.63. The summed E-state index contributed by atoms with van der Waals surface area (Å²) in [4.78, 5) is 23.6. The van der Waals surface area contributed by atoms with Crippen LogP contribution in [0.1, 0.15) is 25.3 Å². The largest absolute Gasteiger partial charge is 0.497 e. The molecule has 1 aliphatic heterocycles. The molecule has 1 aromatic carbocycles. The Bertz CT molecular complexity index is 484. The van der Waals surface area contributed by atoms with E-state index in [1.54, 1.807) is 7.11 Å². The van der Waals surface area contributed by atoms with Gasteiger partial charge in [0.1, 0.15) is 17.8 Å². The summed E-state index contributed by atoms with van der Waals surface area (Å²) < 4.78 is 5.10. The van der Waals surface area contributed by atoms with Crippen molar-refractivity contribution in [2.75, 3.05) is 7.11 Å². The minimum absolute atomic E-state index is 0.0909. The molecule has 1 aromatic rings. The second kappa shape index (κ2) is 6.41. The maximum Gasteiger partial charge on any atom is 0.243 e. The van der Waals surface area contributed by atoms with Gasteiger partial charge in [0.2, 0.25) is 11.8 Å². The normalized spacial score (nSPS) is 22.1. The van der Waals surface area contributed by atoms with Crippen LogP contribution in [-0.4, -0.2) is 31.0 Å². The molecule has 108 valence electrons. The maximum absolute atomic E-state index is 11.9. The number of hydrogen-bond donors (Lipinski definition) is 2. The van der Waals surface area contributed by atoms with Crippen LogP contribution in [0, 0.1) is 0 Å². The third kappa shape index (κ3) is 3.29. The minimum atomic E-state index is -0.438. The second-order valence-electron chi connectivity index (χ2n) is 4.92. The molecule has 2 rings (SSSR count). The Morgan fingerprint density at radius 2 is 1.65 bits per heavy atom. The van der Waals surface area contributed by atoms with Gasteiger partial charge in [-0.05, 0) is 37.0 Å². The zero-order chi connectivity index (χ0) is 14.5. The van der Waals surface area contributed by atoms with Crippen molar-refractivity contribution in [3.63, 3.8) is 0 Å². The molecule has 1 heterocycles. The predicted molar refractivity (Wildman–Crippen MR) is 75.5 cm³/mol. The first-order chi connectivity index (χ1) is 9.63. The number of aryl methyl sites for hydroxylation is 1. The molecule has 2 atom stereocenters. The molecule has 5 heteroatoms. The molecule has 1 fully saturated rings. The Morgan fingerprint density at radius 1 is 1.05 bits per heavy atom. The van der Waals surface area contributed by atoms with E-state index in [-0.39, 0.29) is 17.9 Å². The van der Waals surface area contributed by atoms with Crippen LogP contribution in [0.3, 0.4) is 0 Å². The third-order valence-corrected chi connectivity index (χ3v) is 3.55. The zero-order valence-corrected chi connectivity index (χ0v) is 11.8. The highest BCUT2D eigenvalue weighted by Gasteiger charge is 2.31. The summed E-state index contributed by atoms with van der Waals surface area (Å²) in [6.45, 7) is 1.88. The minimum Gasteiger partial charge on any atom is -0.497 e. The fourth-order valence-corrected chi connectivity index (χ4v) is 2.27. The number of ether oxygens (including phenoxy) is 1. The Morgan fingerprint density at radius 3 is 2.25 bits per heavy atom. The smallest absolute Gasteiger partial charge is 0.243 e. The Labute approximate surface area is 118 Å². The van der Waals surface area contributed by atoms with E-state index >= 15 is 0 Å². The van der Waals surface area contributed by atoms with E-state index in [1.807, 2.05) is 31.2 Å². The standard InChI is InChI=1S/C15H20N2O3/c1-3-12-14(18)17-13(15(19)16-12)9-6-10-4-7-11(20-2)8-5-10/h4-5,7-8,12-13H,3,6,9H2,1-2H3,(H,16,19)(H,17,18)/t12-,13?/m0/s1. The van der Waals surface area contributed by atoms with Crippen LogP contribution in [0.2, 0.25) is 0 Å². The van der Waals surface area contributed by atoms with Crippen LogP contribution in [-0.2, 0) is 16.0 Å². The van der Waals surface area contributed by atoms with Crippen LogP contribution in [0.4, 0.5) is 0 Å². The summed E-state index contributed by atoms with van der Waals surface area (Å²) in [6.07, 6.45) is 1.95. The lowest BCUT2D eigenvalue weighted by Gasteiger charge is -2.29. The SMILES string of the molecule is CC[C@@H]1NC(=O)C(CCc2ccc(OC)cc2)NC1=O. The van der Waals surface area contributed by atoms with Crippen LogP contribution >= 0.6 is 0 Å². The first-order valence-corrected chi connectivity index (χ1v) is 6.87. The lowest BCUT2D eigenvalue weighted by molar-refractivity contribution is -0.137. The van der Waals surface area contributed by atoms with Crippen LogP contribution in [0.15, 0.2) is 24.3 Å². The van der Waals surface area contributed by atoms with E-state index in [0.29, 0.717) is 12.8 Å². The third-order valence-electron chi connectivity index (χ3n) is 3.55. The molecule has 20 heavy (non-hydrogen) atoms. The molecule has 1 saturated heterocycles. The van der Waals surface area contributed by atoms with Crippen molar-refractivity contribution >= 4 is 11.8 Å². The average molecular weight is 276 g/mol. The van der Waals surface area contributed by atoms with Gasteiger partial charge in [0.15, 0.2) is 0 Å². The van der Waals surface area contributed by atoms with Gasteiger partial charge in [0.25, 0.3) is 0 Å². The molecule has 2 amide bonds. The van der Waals surface area contributed by atoms with Crippen LogP contribution in [0.5, 0.6) is 5.75 Å². The van der Waals surface area contributed by atoms with Gasteiger partial charge < -0.3 is 15.4 Å². The van der Waals surface area contributed by atoms with E-state index in [9.17, 15) is 9.59 Å². The summed E-state index contributed by atoms with van der Waals surface area (Å²) in [5.41, 5.74) is 1.12. The van der Waals surface area contributed by atoms with Crippen LogP contribution < -0.4 is 15.4 Å². The Balaban J connectivity index is 1.90. The monoisotopic (exact) mass is 276 g/mol. The molecule has 0 aromatic heterocycles. The number of amides is 2. The highest BCUT2D eigenvalue weighted by atomic mass is 16.5. The summed E-state index contributed by atoms with van der Waals surface area (Å²) >= 11 is 0. The van der Waals surface area contributed by atoms with Gasteiger partial charge in [-0.2, -0.15) is 0 Å². The molecular formula is C15H20N2O3. The fraction of sp³-hybridized carbons (Fsp3) is 0.467. The number of carbonyl (C=O) groups excluding carboxylic acids is 2. The molecular weight excluding hydrogens is 256 g/mol. The van der Waals surface area contributed by atoms with Gasteiger partial charge >= 0.3 is 0 Å². The summed E-state index contributed by atoms with van der Waals surface area (Å²) in [5.74, 6) is 0.625. The van der Waals surface area contributed by atoms with Gasteiger partial charge in [-0.15, -0.1) is 0 Å². The van der Waals surface area contributed by atoms with Gasteiger partial charge in [0, 0.05) is 0 Å². The first-order valence-electron chi connectivity index (χ1n) is 6.87. The molecule has 2 N–H and O–H groups in total. The van der Waals surface area contributed by atoms with Gasteiger partial charge in [-0.25, -0.2) is 0 Å². The predicted octanol–water partition coefficient (Wildman–Crippen LogP) is 1.02. The van der Waals surface area contributed by atoms with Crippen molar-refractivity contribution in [1.82, 2.24) is 10.6 Å². The highest BCUT2D eigenvalue weighted by molar-refractivity contribution is 5.96. The first kappa shape index (κ1) is 14.4. The molecule has 0 saturated carbocycles. The van der Waals surface area contributed by atoms with E-state index in [0.717, 1.165) is 17.7 Å². The quantitative estimate of drug-likeness (QED) is 0.844. The molecule has 0 aliphatic carbocycles. The van der Waals surface area contributed by atoms with E-state index < -0.39 is 6.04 Å². The molecule has 0 radical (unpaired) electrons. The summed E-state index contributed by atoms with van der Waals surface area (Å²) in [6, 6.07) is 6.89. The van der Waals surface area contributed by atoms with Crippen molar-refractivity contribution in [3.8, 4) is 5.75 Å². The number of piperazine rings is 1. The van der Waals surface area contributed by atoms with Crippen LogP contribution in [0.25, 0.3) is 0 Å². The van der Waals surface area contributed by atoms with Crippen molar-refractivity contribution in [2.24, 2.45) is 0 Å². The zero-order valence-electron chi connectivity index (χ0n) is 11.8. The topological polar surface area (TPSA) is 67.4 Å². The van der Waals surface area contributed by atoms with Gasteiger partial charge in [0.05, 0.1) is 7.11 Å². The highest BCUT2D eigenvalue weighted by Crippen LogP contribution is 2.14. The number of carbonyl (C=O) groups is 2. The fourth-order valence-electron chi connectivity index (χ4n) is 2.27. The lowest BCUT2D eigenvalue weighted by Crippen LogP contribution is -2.61.